The van der Waals surface area contributed by atoms with Crippen molar-refractivity contribution in [2.45, 2.75) is 69.0 Å². The molecule has 28 heavy (non-hydrogen) atoms. The molecule has 1 aromatic carbocycles. The summed E-state index contributed by atoms with van der Waals surface area (Å²) >= 11 is 0. The number of fused-ring (bicyclic) bond motifs is 2. The van der Waals surface area contributed by atoms with Crippen LogP contribution in [0.4, 0.5) is 0 Å². The molecule has 0 saturated heterocycles. The van der Waals surface area contributed by atoms with E-state index in [1.807, 2.05) is 12.3 Å². The van der Waals surface area contributed by atoms with Crippen molar-refractivity contribution >= 4 is 11.0 Å². The molecule has 5 rings (SSSR count). The standard InChI is InChI=1S/C23H29N5/c24-17-10-12-23(13-11-17,15-21-26-18-7-1-2-8-19(18)27-21)28-20-9-3-5-16-6-4-14-25-22(16)20/h1-2,4,6-8,14,17,20,28H,3,5,9-13,15,24H2,(H,26,27)/t17-,20?,23-. The summed E-state index contributed by atoms with van der Waals surface area (Å²) in [7, 11) is 0. The summed E-state index contributed by atoms with van der Waals surface area (Å²) < 4.78 is 0. The Kier molecular flexibility index (Phi) is 4.65. The van der Waals surface area contributed by atoms with Crippen molar-refractivity contribution in [2.24, 2.45) is 5.73 Å². The minimum absolute atomic E-state index is 0.0283. The minimum Gasteiger partial charge on any atom is -0.342 e. The summed E-state index contributed by atoms with van der Waals surface area (Å²) in [4.78, 5) is 13.1. The number of imidazole rings is 1. The Morgan fingerprint density at radius 3 is 2.82 bits per heavy atom. The van der Waals surface area contributed by atoms with E-state index in [0.29, 0.717) is 12.1 Å². The number of aromatic nitrogens is 3. The number of nitrogens with zero attached hydrogens (tertiary/aromatic N) is 2. The number of para-hydroxylation sites is 2. The van der Waals surface area contributed by atoms with Gasteiger partial charge >= 0.3 is 0 Å². The van der Waals surface area contributed by atoms with E-state index in [4.69, 9.17) is 15.7 Å². The monoisotopic (exact) mass is 375 g/mol. The highest BCUT2D eigenvalue weighted by atomic mass is 15.1. The highest BCUT2D eigenvalue weighted by Gasteiger charge is 2.38. The van der Waals surface area contributed by atoms with Crippen LogP contribution in [0.5, 0.6) is 0 Å². The lowest BCUT2D eigenvalue weighted by Gasteiger charge is -2.43. The maximum absolute atomic E-state index is 6.26. The first-order valence-corrected chi connectivity index (χ1v) is 10.6. The molecular weight excluding hydrogens is 346 g/mol. The average molecular weight is 376 g/mol. The fourth-order valence-corrected chi connectivity index (χ4v) is 5.09. The summed E-state index contributed by atoms with van der Waals surface area (Å²) in [5.74, 6) is 1.07. The molecule has 5 heteroatoms. The SMILES string of the molecule is N[C@H]1CC[C@](Cc2nc3ccccc3[nH]2)(NC2CCCc3cccnc32)CC1. The number of pyridine rings is 1. The van der Waals surface area contributed by atoms with Crippen LogP contribution >= 0.6 is 0 Å². The molecule has 2 aliphatic carbocycles. The number of rotatable bonds is 4. The summed E-state index contributed by atoms with van der Waals surface area (Å²) in [6, 6.07) is 13.2. The van der Waals surface area contributed by atoms with Crippen molar-refractivity contribution in [1.29, 1.82) is 0 Å². The first-order valence-electron chi connectivity index (χ1n) is 10.6. The third kappa shape index (κ3) is 3.45. The first kappa shape index (κ1) is 17.8. The van der Waals surface area contributed by atoms with Crippen LogP contribution in [0.15, 0.2) is 42.6 Å². The third-order valence-corrected chi connectivity index (χ3v) is 6.61. The number of nitrogens with one attached hydrogen (secondary N) is 2. The largest absolute Gasteiger partial charge is 0.342 e. The van der Waals surface area contributed by atoms with Gasteiger partial charge < -0.3 is 16.0 Å². The van der Waals surface area contributed by atoms with E-state index in [2.05, 4.69) is 40.6 Å². The molecule has 0 spiro atoms. The molecule has 5 nitrogen and oxygen atoms in total. The molecule has 1 fully saturated rings. The number of aryl methyl sites for hydroxylation is 1. The van der Waals surface area contributed by atoms with Gasteiger partial charge in [0.15, 0.2) is 0 Å². The fraction of sp³-hybridized carbons (Fsp3) is 0.478. The molecule has 2 heterocycles. The molecule has 0 amide bonds. The van der Waals surface area contributed by atoms with Crippen LogP contribution in [0.3, 0.4) is 0 Å². The second-order valence-corrected chi connectivity index (χ2v) is 8.63. The van der Waals surface area contributed by atoms with Gasteiger partial charge in [0.2, 0.25) is 0 Å². The topological polar surface area (TPSA) is 79.6 Å². The lowest BCUT2D eigenvalue weighted by atomic mass is 9.76. The third-order valence-electron chi connectivity index (χ3n) is 6.61. The van der Waals surface area contributed by atoms with Crippen molar-refractivity contribution < 1.29 is 0 Å². The van der Waals surface area contributed by atoms with Gasteiger partial charge in [-0.1, -0.05) is 18.2 Å². The normalized spacial score (nSPS) is 27.6. The smallest absolute Gasteiger partial charge is 0.109 e. The van der Waals surface area contributed by atoms with Gasteiger partial charge in [0, 0.05) is 24.2 Å². The molecule has 3 aromatic rings. The van der Waals surface area contributed by atoms with Crippen LogP contribution in [0.1, 0.15) is 61.6 Å². The van der Waals surface area contributed by atoms with E-state index in [-0.39, 0.29) is 5.54 Å². The maximum Gasteiger partial charge on any atom is 0.109 e. The number of benzene rings is 1. The summed E-state index contributed by atoms with van der Waals surface area (Å²) in [6.45, 7) is 0. The highest BCUT2D eigenvalue weighted by Crippen LogP contribution is 2.36. The number of hydrogen-bond donors (Lipinski definition) is 3. The van der Waals surface area contributed by atoms with Crippen LogP contribution in [0, 0.1) is 0 Å². The summed E-state index contributed by atoms with van der Waals surface area (Å²) in [6.07, 6.45) is 10.7. The lowest BCUT2D eigenvalue weighted by Crippen LogP contribution is -2.53. The van der Waals surface area contributed by atoms with E-state index in [9.17, 15) is 0 Å². The quantitative estimate of drug-likeness (QED) is 0.648. The molecule has 2 aliphatic rings. The number of hydrogen-bond acceptors (Lipinski definition) is 4. The zero-order valence-electron chi connectivity index (χ0n) is 16.3. The summed E-state index contributed by atoms with van der Waals surface area (Å²) in [5.41, 5.74) is 11.1. The van der Waals surface area contributed by atoms with Gasteiger partial charge in [-0.3, -0.25) is 4.98 Å². The molecule has 1 unspecified atom stereocenters. The average Bonchev–Trinajstić information content (AvgIpc) is 3.13. The first-order chi connectivity index (χ1) is 13.7. The van der Waals surface area contributed by atoms with Crippen molar-refractivity contribution in [3.8, 4) is 0 Å². The highest BCUT2D eigenvalue weighted by molar-refractivity contribution is 5.74. The van der Waals surface area contributed by atoms with Crippen molar-refractivity contribution in [1.82, 2.24) is 20.3 Å². The van der Waals surface area contributed by atoms with E-state index >= 15 is 0 Å². The molecular formula is C23H29N5. The second-order valence-electron chi connectivity index (χ2n) is 8.63. The predicted octanol–water partition coefficient (Wildman–Crippen LogP) is 3.81. The lowest BCUT2D eigenvalue weighted by molar-refractivity contribution is 0.181. The predicted molar refractivity (Wildman–Crippen MR) is 112 cm³/mol. The molecule has 146 valence electrons. The van der Waals surface area contributed by atoms with Crippen molar-refractivity contribution in [2.75, 3.05) is 0 Å². The van der Waals surface area contributed by atoms with E-state index in [0.717, 1.165) is 61.8 Å². The molecule has 2 aromatic heterocycles. The van der Waals surface area contributed by atoms with E-state index < -0.39 is 0 Å². The second kappa shape index (κ2) is 7.30. The zero-order chi connectivity index (χ0) is 19.0. The van der Waals surface area contributed by atoms with E-state index in [1.54, 1.807) is 0 Å². The van der Waals surface area contributed by atoms with Crippen LogP contribution in [0.2, 0.25) is 0 Å². The Morgan fingerprint density at radius 1 is 1.11 bits per heavy atom. The molecule has 0 bridgehead atoms. The number of H-pyrrole nitrogens is 1. The Morgan fingerprint density at radius 2 is 1.96 bits per heavy atom. The Bertz CT molecular complexity index is 921. The maximum atomic E-state index is 6.26. The van der Waals surface area contributed by atoms with Crippen LogP contribution in [0.25, 0.3) is 11.0 Å². The summed E-state index contributed by atoms with van der Waals surface area (Å²) in [5, 5.41) is 4.06. The van der Waals surface area contributed by atoms with Crippen LogP contribution in [-0.2, 0) is 12.8 Å². The Labute approximate surface area is 166 Å². The molecule has 0 radical (unpaired) electrons. The van der Waals surface area contributed by atoms with Gasteiger partial charge in [0.25, 0.3) is 0 Å². The number of nitrogens with two attached hydrogens (primary N) is 1. The molecule has 1 saturated carbocycles. The van der Waals surface area contributed by atoms with Crippen LogP contribution < -0.4 is 11.1 Å². The minimum atomic E-state index is 0.0283. The van der Waals surface area contributed by atoms with Gasteiger partial charge in [-0.2, -0.15) is 0 Å². The zero-order valence-corrected chi connectivity index (χ0v) is 16.3. The van der Waals surface area contributed by atoms with Crippen molar-refractivity contribution in [3.05, 3.63) is 59.7 Å². The molecule has 0 aliphatic heterocycles. The Balaban J connectivity index is 1.44. The van der Waals surface area contributed by atoms with Crippen molar-refractivity contribution in [3.63, 3.8) is 0 Å². The van der Waals surface area contributed by atoms with Crippen LogP contribution in [-0.4, -0.2) is 26.5 Å². The van der Waals surface area contributed by atoms with Gasteiger partial charge in [-0.15, -0.1) is 0 Å². The number of aromatic amines is 1. The fourth-order valence-electron chi connectivity index (χ4n) is 5.09. The van der Waals surface area contributed by atoms with Gasteiger partial charge in [-0.05, 0) is 68.7 Å². The van der Waals surface area contributed by atoms with Gasteiger partial charge in [0.05, 0.1) is 22.8 Å². The Hall–Kier alpha value is -2.24. The molecule has 1 atom stereocenters. The molecule has 4 N–H and O–H groups in total. The van der Waals surface area contributed by atoms with Gasteiger partial charge in [-0.25, -0.2) is 4.98 Å². The van der Waals surface area contributed by atoms with E-state index in [1.165, 1.54) is 17.7 Å². The van der Waals surface area contributed by atoms with Gasteiger partial charge in [0.1, 0.15) is 5.82 Å².